The van der Waals surface area contributed by atoms with Crippen LogP contribution in [0.5, 0.6) is 5.75 Å². The summed E-state index contributed by atoms with van der Waals surface area (Å²) in [6.07, 6.45) is 0. The van der Waals surface area contributed by atoms with Gasteiger partial charge in [-0.2, -0.15) is 0 Å². The molecule has 0 saturated heterocycles. The van der Waals surface area contributed by atoms with Gasteiger partial charge in [0, 0.05) is 12.6 Å². The predicted molar refractivity (Wildman–Crippen MR) is 163 cm³/mol. The number of rotatable bonds is 11. The molecule has 1 unspecified atom stereocenters. The Labute approximate surface area is 252 Å². The molecule has 0 saturated carbocycles. The Morgan fingerprint density at radius 1 is 0.902 bits per heavy atom. The van der Waals surface area contributed by atoms with Crippen LogP contribution in [0.4, 0.5) is 5.69 Å². The number of anilines is 1. The minimum Gasteiger partial charge on any atom is -0.495 e. The lowest BCUT2D eigenvalue weighted by Crippen LogP contribution is -2.52. The lowest BCUT2D eigenvalue weighted by molar-refractivity contribution is -0.139. The smallest absolute Gasteiger partial charge is 0.264 e. The Morgan fingerprint density at radius 2 is 1.54 bits per heavy atom. The number of methoxy groups -OCH3 is 1. The molecule has 3 aromatic carbocycles. The van der Waals surface area contributed by atoms with Crippen molar-refractivity contribution < 1.29 is 22.7 Å². The molecule has 0 bridgehead atoms. The van der Waals surface area contributed by atoms with Gasteiger partial charge in [-0.1, -0.05) is 53.0 Å². The zero-order valence-electron chi connectivity index (χ0n) is 23.9. The first kappa shape index (κ1) is 32.2. The van der Waals surface area contributed by atoms with Crippen molar-refractivity contribution in [2.45, 2.75) is 58.1 Å². The van der Waals surface area contributed by atoms with Crippen LogP contribution in [-0.2, 0) is 26.2 Å². The highest BCUT2D eigenvalue weighted by atomic mass is 35.5. The number of carbonyl (C=O) groups excluding carboxylic acids is 2. The second-order valence-corrected chi connectivity index (χ2v) is 12.8. The quantitative estimate of drug-likeness (QED) is 0.294. The van der Waals surface area contributed by atoms with E-state index in [2.05, 4.69) is 5.32 Å². The van der Waals surface area contributed by atoms with Gasteiger partial charge in [-0.25, -0.2) is 8.42 Å². The molecule has 220 valence electrons. The summed E-state index contributed by atoms with van der Waals surface area (Å²) in [7, 11) is -2.80. The van der Waals surface area contributed by atoms with Crippen molar-refractivity contribution in [1.29, 1.82) is 0 Å². The van der Waals surface area contributed by atoms with E-state index in [1.807, 2.05) is 27.7 Å². The lowest BCUT2D eigenvalue weighted by Gasteiger charge is -2.32. The Morgan fingerprint density at radius 3 is 2.12 bits per heavy atom. The summed E-state index contributed by atoms with van der Waals surface area (Å²) in [5, 5.41) is 3.47. The normalized spacial score (nSPS) is 12.1. The Balaban J connectivity index is 2.11. The van der Waals surface area contributed by atoms with Crippen LogP contribution in [0.1, 0.15) is 37.5 Å². The summed E-state index contributed by atoms with van der Waals surface area (Å²) in [5.41, 5.74) is 2.49. The van der Waals surface area contributed by atoms with Crippen LogP contribution in [0.2, 0.25) is 10.0 Å². The molecule has 41 heavy (non-hydrogen) atoms. The van der Waals surface area contributed by atoms with Crippen molar-refractivity contribution in [3.8, 4) is 5.75 Å². The lowest BCUT2D eigenvalue weighted by atomic mass is 10.1. The maximum atomic E-state index is 14.1. The standard InChI is InChI=1S/C30H35Cl2N3O5S/c1-19(2)33-30(37)22(5)34(17-23-10-13-25(31)26(32)16-23)29(36)18-35(27-15-21(4)9-14-28(27)40-6)41(38,39)24-11-7-20(3)8-12-24/h7-16,19,22H,17-18H2,1-6H3,(H,33,37). The minimum absolute atomic E-state index is 0.00816. The van der Waals surface area contributed by atoms with Gasteiger partial charge in [0.05, 0.1) is 27.7 Å². The fourth-order valence-electron chi connectivity index (χ4n) is 4.17. The summed E-state index contributed by atoms with van der Waals surface area (Å²) in [4.78, 5) is 28.5. The maximum absolute atomic E-state index is 14.1. The summed E-state index contributed by atoms with van der Waals surface area (Å²) in [5.74, 6) is -0.697. The molecule has 8 nitrogen and oxygen atoms in total. The van der Waals surface area contributed by atoms with Gasteiger partial charge >= 0.3 is 0 Å². The van der Waals surface area contributed by atoms with E-state index >= 15 is 0 Å². The van der Waals surface area contributed by atoms with Gasteiger partial charge in [0.15, 0.2) is 0 Å². The maximum Gasteiger partial charge on any atom is 0.264 e. The van der Waals surface area contributed by atoms with Gasteiger partial charge in [0.25, 0.3) is 10.0 Å². The molecule has 0 aliphatic carbocycles. The van der Waals surface area contributed by atoms with E-state index in [9.17, 15) is 18.0 Å². The Hall–Kier alpha value is -3.27. The number of ether oxygens (including phenoxy) is 1. The first-order valence-electron chi connectivity index (χ1n) is 13.0. The first-order chi connectivity index (χ1) is 19.2. The van der Waals surface area contributed by atoms with Gasteiger partial charge < -0.3 is 15.0 Å². The summed E-state index contributed by atoms with van der Waals surface area (Å²) >= 11 is 12.3. The average Bonchev–Trinajstić information content (AvgIpc) is 2.91. The van der Waals surface area contributed by atoms with E-state index < -0.39 is 28.5 Å². The van der Waals surface area contributed by atoms with Crippen LogP contribution in [0.3, 0.4) is 0 Å². The van der Waals surface area contributed by atoms with E-state index in [1.165, 1.54) is 24.1 Å². The van der Waals surface area contributed by atoms with Gasteiger partial charge in [0.1, 0.15) is 18.3 Å². The SMILES string of the molecule is COc1ccc(C)cc1N(CC(=O)N(Cc1ccc(Cl)c(Cl)c1)C(C)C(=O)NC(C)C)S(=O)(=O)c1ccc(C)cc1. The van der Waals surface area contributed by atoms with Gasteiger partial charge in [-0.15, -0.1) is 0 Å². The third kappa shape index (κ3) is 7.93. The predicted octanol–water partition coefficient (Wildman–Crippen LogP) is 5.76. The highest BCUT2D eigenvalue weighted by molar-refractivity contribution is 7.92. The molecule has 0 heterocycles. The minimum atomic E-state index is -4.23. The number of nitrogens with one attached hydrogen (secondary N) is 1. The highest BCUT2D eigenvalue weighted by Crippen LogP contribution is 2.34. The fraction of sp³-hybridized carbons (Fsp3) is 0.333. The molecule has 1 atom stereocenters. The highest BCUT2D eigenvalue weighted by Gasteiger charge is 2.34. The van der Waals surface area contributed by atoms with Gasteiger partial charge in [0.2, 0.25) is 11.8 Å². The molecule has 11 heteroatoms. The molecule has 0 aliphatic heterocycles. The molecular weight excluding hydrogens is 585 g/mol. The molecule has 3 rings (SSSR count). The van der Waals surface area contributed by atoms with Crippen LogP contribution >= 0.6 is 23.2 Å². The number of carbonyl (C=O) groups is 2. The number of amides is 2. The molecule has 0 radical (unpaired) electrons. The summed E-state index contributed by atoms with van der Waals surface area (Å²) in [6, 6.07) is 15.3. The molecular formula is C30H35Cl2N3O5S. The van der Waals surface area contributed by atoms with Crippen LogP contribution < -0.4 is 14.4 Å². The number of nitrogens with zero attached hydrogens (tertiary/aromatic N) is 2. The Kier molecular flexibility index (Phi) is 10.7. The second kappa shape index (κ2) is 13.6. The third-order valence-electron chi connectivity index (χ3n) is 6.43. The number of halogens is 2. The topological polar surface area (TPSA) is 96.0 Å². The third-order valence-corrected chi connectivity index (χ3v) is 8.94. The molecule has 1 N–H and O–H groups in total. The van der Waals surface area contributed by atoms with Crippen molar-refractivity contribution in [2.24, 2.45) is 0 Å². The number of sulfonamides is 1. The van der Waals surface area contributed by atoms with E-state index in [4.69, 9.17) is 27.9 Å². The zero-order chi connectivity index (χ0) is 30.5. The van der Waals surface area contributed by atoms with E-state index in [-0.39, 0.29) is 34.8 Å². The molecule has 0 aliphatic rings. The number of hydrogen-bond donors (Lipinski definition) is 1. The molecule has 3 aromatic rings. The first-order valence-corrected chi connectivity index (χ1v) is 15.2. The van der Waals surface area contributed by atoms with Gasteiger partial charge in [-0.05, 0) is 82.1 Å². The summed E-state index contributed by atoms with van der Waals surface area (Å²) in [6.45, 7) is 8.30. The molecule has 0 fully saturated rings. The molecule has 0 aromatic heterocycles. The van der Waals surface area contributed by atoms with Crippen molar-refractivity contribution >= 4 is 50.7 Å². The van der Waals surface area contributed by atoms with E-state index in [0.717, 1.165) is 15.4 Å². The fourth-order valence-corrected chi connectivity index (χ4v) is 5.91. The van der Waals surface area contributed by atoms with E-state index in [0.29, 0.717) is 15.6 Å². The second-order valence-electron chi connectivity index (χ2n) is 10.1. The number of benzene rings is 3. The van der Waals surface area contributed by atoms with Crippen molar-refractivity contribution in [1.82, 2.24) is 10.2 Å². The molecule has 2 amide bonds. The van der Waals surface area contributed by atoms with Crippen LogP contribution in [0, 0.1) is 13.8 Å². The average molecular weight is 621 g/mol. The Bertz CT molecular complexity index is 1510. The van der Waals surface area contributed by atoms with Crippen LogP contribution in [-0.4, -0.2) is 50.9 Å². The number of hydrogen-bond acceptors (Lipinski definition) is 5. The molecule has 0 spiro atoms. The van der Waals surface area contributed by atoms with Gasteiger partial charge in [-0.3, -0.25) is 13.9 Å². The monoisotopic (exact) mass is 619 g/mol. The van der Waals surface area contributed by atoms with Crippen molar-refractivity contribution in [3.05, 3.63) is 87.4 Å². The van der Waals surface area contributed by atoms with Crippen LogP contribution in [0.15, 0.2) is 65.6 Å². The van der Waals surface area contributed by atoms with Crippen molar-refractivity contribution in [3.63, 3.8) is 0 Å². The number of aryl methyl sites for hydroxylation is 2. The summed E-state index contributed by atoms with van der Waals surface area (Å²) < 4.78 is 34.6. The zero-order valence-corrected chi connectivity index (χ0v) is 26.3. The van der Waals surface area contributed by atoms with E-state index in [1.54, 1.807) is 55.5 Å². The van der Waals surface area contributed by atoms with Crippen LogP contribution in [0.25, 0.3) is 0 Å². The van der Waals surface area contributed by atoms with Crippen molar-refractivity contribution in [2.75, 3.05) is 18.0 Å². The largest absolute Gasteiger partial charge is 0.495 e.